The van der Waals surface area contributed by atoms with E-state index in [0.29, 0.717) is 29.7 Å². The van der Waals surface area contributed by atoms with Crippen LogP contribution in [0.5, 0.6) is 0 Å². The van der Waals surface area contributed by atoms with Crippen LogP contribution in [-0.4, -0.2) is 88.8 Å². The van der Waals surface area contributed by atoms with Gasteiger partial charge in [0.25, 0.3) is 0 Å². The van der Waals surface area contributed by atoms with Gasteiger partial charge >= 0.3 is 24.2 Å². The zero-order valence-electron chi connectivity index (χ0n) is 32.8. The van der Waals surface area contributed by atoms with Gasteiger partial charge < -0.3 is 33.6 Å². The Morgan fingerprint density at radius 2 is 1.70 bits per heavy atom. The molecule has 1 saturated heterocycles. The van der Waals surface area contributed by atoms with Gasteiger partial charge in [-0.2, -0.15) is 0 Å². The van der Waals surface area contributed by atoms with Gasteiger partial charge in [-0.05, 0) is 84.8 Å². The molecule has 2 aliphatic heterocycles. The SMILES string of the molecule is CC(=O)O[C@@H]1C(C)=C[C@@H]2[C@H](C(C)C=O)CC[C@@H](C)[C@]2(O)[C@H]1OC(=O)[C@@H]1C[C@@]2(OC(=O)OC(C)(C)C)c3cccc(Cl)c3N(C)O[C@H]2N1C(=O)OC(C)(C)C. The third-order valence-electron chi connectivity index (χ3n) is 10.8. The lowest BCUT2D eigenvalue weighted by molar-refractivity contribution is -0.226. The van der Waals surface area contributed by atoms with Crippen LogP contribution in [0.15, 0.2) is 29.8 Å². The van der Waals surface area contributed by atoms with Crippen molar-refractivity contribution in [3.63, 3.8) is 0 Å². The van der Waals surface area contributed by atoms with Crippen molar-refractivity contribution < 1.29 is 57.6 Å². The number of aliphatic hydroxyl groups is 1. The lowest BCUT2D eigenvalue weighted by Gasteiger charge is -2.55. The van der Waals surface area contributed by atoms with E-state index in [2.05, 4.69) is 0 Å². The molecule has 1 unspecified atom stereocenters. The number of rotatable bonds is 6. The van der Waals surface area contributed by atoms with Crippen LogP contribution in [0.25, 0.3) is 0 Å². The second kappa shape index (κ2) is 14.6. The van der Waals surface area contributed by atoms with Crippen molar-refractivity contribution in [2.24, 2.45) is 23.7 Å². The Balaban J connectivity index is 1.66. The number of carbonyl (C=O) groups is 5. The van der Waals surface area contributed by atoms with Crippen molar-refractivity contribution in [1.29, 1.82) is 0 Å². The maximum absolute atomic E-state index is 14.9. The first-order valence-electron chi connectivity index (χ1n) is 18.3. The minimum Gasteiger partial charge on any atom is -0.454 e. The number of amides is 1. The topological polar surface area (TPSA) is 167 Å². The average Bonchev–Trinajstić information content (AvgIpc) is 3.37. The van der Waals surface area contributed by atoms with Gasteiger partial charge in [0, 0.05) is 37.8 Å². The van der Waals surface area contributed by atoms with E-state index in [1.54, 1.807) is 80.6 Å². The van der Waals surface area contributed by atoms with Gasteiger partial charge in [0.15, 0.2) is 17.8 Å². The van der Waals surface area contributed by atoms with Crippen LogP contribution < -0.4 is 5.06 Å². The number of fused-ring (bicyclic) bond motifs is 4. The lowest BCUT2D eigenvalue weighted by atomic mass is 9.56. The quantitative estimate of drug-likeness (QED) is 0.150. The fourth-order valence-electron chi connectivity index (χ4n) is 8.43. The summed E-state index contributed by atoms with van der Waals surface area (Å²) in [4.78, 5) is 74.6. The van der Waals surface area contributed by atoms with E-state index in [1.807, 2.05) is 13.0 Å². The molecule has 15 heteroatoms. The minimum absolute atomic E-state index is 0.239. The highest BCUT2D eigenvalue weighted by molar-refractivity contribution is 6.33. The first kappa shape index (κ1) is 41.3. The molecular weight excluding hydrogens is 724 g/mol. The molecule has 2 fully saturated rings. The van der Waals surface area contributed by atoms with Crippen LogP contribution in [-0.2, 0) is 48.5 Å². The van der Waals surface area contributed by atoms with Crippen LogP contribution in [0.2, 0.25) is 5.02 Å². The lowest BCUT2D eigenvalue weighted by Crippen LogP contribution is -2.66. The minimum atomic E-state index is -1.89. The summed E-state index contributed by atoms with van der Waals surface area (Å²) in [6.07, 6.45) is -2.89. The van der Waals surface area contributed by atoms with Gasteiger partial charge in [-0.15, -0.1) is 0 Å². The third-order valence-corrected chi connectivity index (χ3v) is 11.1. The number of aldehydes is 1. The maximum atomic E-state index is 14.9. The van der Waals surface area contributed by atoms with Crippen LogP contribution in [0, 0.1) is 23.7 Å². The first-order valence-corrected chi connectivity index (χ1v) is 18.7. The second-order valence-corrected chi connectivity index (χ2v) is 17.4. The molecule has 10 atom stereocenters. The molecule has 2 aliphatic carbocycles. The van der Waals surface area contributed by atoms with Crippen molar-refractivity contribution in [1.82, 2.24) is 4.90 Å². The number of esters is 2. The number of nitrogens with zero attached hydrogens (tertiary/aromatic N) is 2. The molecule has 298 valence electrons. The number of hydroxylamine groups is 1. The predicted octanol–water partition coefficient (Wildman–Crippen LogP) is 6.24. The first-order chi connectivity index (χ1) is 24.9. The van der Waals surface area contributed by atoms with Gasteiger partial charge in [0.1, 0.15) is 29.1 Å². The predicted molar refractivity (Wildman–Crippen MR) is 195 cm³/mol. The Hall–Kier alpha value is -3.88. The largest absolute Gasteiger partial charge is 0.509 e. The Morgan fingerprint density at radius 1 is 1.06 bits per heavy atom. The number of anilines is 1. The van der Waals surface area contributed by atoms with Gasteiger partial charge in [-0.3, -0.25) is 14.8 Å². The molecule has 1 N–H and O–H groups in total. The smallest absolute Gasteiger partial charge is 0.454 e. The molecular formula is C39H53ClN2O12. The standard InChI is InChI=1S/C39H53ClN2O12/c1-20-17-26-24(21(2)19-43)16-15-22(3)39(26,48)31(30(20)49-23(4)44)50-32(45)28-18-38(53-35(47)52-37(8,9)10)25-13-12-14-27(40)29(25)41(11)54-33(38)42(28)34(46)51-36(5,6)7/h12-14,17,19,21-22,24,26,28,30-31,33,48H,15-16,18H2,1-11H3/t21?,22-,24+,26-,28+,30-,31+,33-,38-,39-/m1/s1. The Labute approximate surface area is 321 Å². The van der Waals surface area contributed by atoms with E-state index < -0.39 is 95.2 Å². The zero-order valence-corrected chi connectivity index (χ0v) is 33.6. The van der Waals surface area contributed by atoms with Crippen LogP contribution in [0.4, 0.5) is 15.3 Å². The molecule has 1 aromatic carbocycles. The number of carbonyl (C=O) groups excluding carboxylic acids is 5. The summed E-state index contributed by atoms with van der Waals surface area (Å²) in [7, 11) is 1.55. The Kier molecular flexibility index (Phi) is 11.2. The molecule has 0 aromatic heterocycles. The third kappa shape index (κ3) is 7.53. The number of benzene rings is 1. The number of hydrogen-bond acceptors (Lipinski definition) is 13. The van der Waals surface area contributed by atoms with Crippen LogP contribution >= 0.6 is 11.6 Å². The number of para-hydroxylation sites is 1. The zero-order chi connectivity index (χ0) is 40.3. The van der Waals surface area contributed by atoms with Gasteiger partial charge in [0.05, 0.1) is 10.7 Å². The van der Waals surface area contributed by atoms with Crippen molar-refractivity contribution in [3.05, 3.63) is 40.4 Å². The van der Waals surface area contributed by atoms with E-state index in [9.17, 15) is 29.1 Å². The molecule has 0 radical (unpaired) electrons. The molecule has 4 aliphatic rings. The highest BCUT2D eigenvalue weighted by Gasteiger charge is 2.67. The fraction of sp³-hybridized carbons (Fsp3) is 0.667. The molecule has 2 heterocycles. The summed E-state index contributed by atoms with van der Waals surface area (Å²) < 4.78 is 29.6. The van der Waals surface area contributed by atoms with E-state index in [-0.39, 0.29) is 10.9 Å². The van der Waals surface area contributed by atoms with E-state index in [1.165, 1.54) is 12.0 Å². The van der Waals surface area contributed by atoms with E-state index >= 15 is 0 Å². The van der Waals surface area contributed by atoms with Gasteiger partial charge in [-0.1, -0.05) is 43.7 Å². The molecule has 14 nitrogen and oxygen atoms in total. The van der Waals surface area contributed by atoms with Crippen molar-refractivity contribution in [2.75, 3.05) is 12.1 Å². The van der Waals surface area contributed by atoms with Crippen LogP contribution in [0.1, 0.15) is 94.1 Å². The van der Waals surface area contributed by atoms with Crippen molar-refractivity contribution in [2.45, 2.75) is 135 Å². The second-order valence-electron chi connectivity index (χ2n) is 17.0. The Bertz CT molecular complexity index is 1700. The molecule has 1 aromatic rings. The number of ether oxygens (including phenoxy) is 5. The van der Waals surface area contributed by atoms with Crippen molar-refractivity contribution in [3.8, 4) is 0 Å². The summed E-state index contributed by atoms with van der Waals surface area (Å²) in [5, 5.41) is 14.3. The van der Waals surface area contributed by atoms with E-state index in [0.717, 1.165) is 11.2 Å². The molecule has 0 bridgehead atoms. The summed E-state index contributed by atoms with van der Waals surface area (Å²) in [6.45, 7) is 16.5. The van der Waals surface area contributed by atoms with Gasteiger partial charge in [0.2, 0.25) is 6.23 Å². The summed E-state index contributed by atoms with van der Waals surface area (Å²) in [5.74, 6) is -3.55. The summed E-state index contributed by atoms with van der Waals surface area (Å²) in [6, 6.07) is 3.35. The highest BCUT2D eigenvalue weighted by Crippen LogP contribution is 2.55. The van der Waals surface area contributed by atoms with Gasteiger partial charge in [-0.25, -0.2) is 19.2 Å². The monoisotopic (exact) mass is 776 g/mol. The molecule has 54 heavy (non-hydrogen) atoms. The van der Waals surface area contributed by atoms with E-state index in [4.69, 9.17) is 40.1 Å². The normalized spacial score (nSPS) is 32.5. The molecule has 1 amide bonds. The maximum Gasteiger partial charge on any atom is 0.509 e. The molecule has 0 spiro atoms. The highest BCUT2D eigenvalue weighted by atomic mass is 35.5. The number of hydrogen-bond donors (Lipinski definition) is 1. The molecule has 1 saturated carbocycles. The number of halogens is 1. The summed E-state index contributed by atoms with van der Waals surface area (Å²) in [5.41, 5.74) is -4.53. The average molecular weight is 777 g/mol. The number of likely N-dealkylation sites (tertiary alicyclic amines) is 1. The van der Waals surface area contributed by atoms with Crippen molar-refractivity contribution >= 4 is 47.8 Å². The Morgan fingerprint density at radius 3 is 2.30 bits per heavy atom. The van der Waals surface area contributed by atoms with Crippen LogP contribution in [0.3, 0.4) is 0 Å². The molecule has 5 rings (SSSR count). The summed E-state index contributed by atoms with van der Waals surface area (Å²) >= 11 is 6.67. The fourth-order valence-corrected chi connectivity index (χ4v) is 8.72.